The lowest BCUT2D eigenvalue weighted by molar-refractivity contribution is -0.150. The molecular formula is C29H44O5. The fraction of sp³-hybridized carbons (Fsp3) is 0.724. The Morgan fingerprint density at radius 3 is 1.71 bits per heavy atom. The average Bonchev–Trinajstić information content (AvgIpc) is 2.89. The number of esters is 2. The number of rotatable bonds is 14. The van der Waals surface area contributed by atoms with Crippen molar-refractivity contribution in [2.24, 2.45) is 17.8 Å². The summed E-state index contributed by atoms with van der Waals surface area (Å²) in [6.45, 7) is 1.34. The van der Waals surface area contributed by atoms with Crippen LogP contribution in [0.1, 0.15) is 95.5 Å². The maximum atomic E-state index is 12.3. The smallest absolute Gasteiger partial charge is 0.305 e. The van der Waals surface area contributed by atoms with Crippen molar-refractivity contribution in [3.63, 3.8) is 0 Å². The molecule has 0 unspecified atom stereocenters. The molecule has 0 atom stereocenters. The first-order valence-electron chi connectivity index (χ1n) is 13.6. The van der Waals surface area contributed by atoms with Crippen LogP contribution in [-0.4, -0.2) is 31.8 Å². The Morgan fingerprint density at radius 2 is 1.21 bits per heavy atom. The van der Waals surface area contributed by atoms with Gasteiger partial charge in [-0.25, -0.2) is 0 Å². The van der Waals surface area contributed by atoms with Crippen LogP contribution in [-0.2, 0) is 30.4 Å². The van der Waals surface area contributed by atoms with E-state index in [1.54, 1.807) is 0 Å². The van der Waals surface area contributed by atoms with Crippen molar-refractivity contribution in [3.05, 3.63) is 35.9 Å². The Bertz CT molecular complexity index is 654. The molecule has 0 spiro atoms. The molecule has 2 aliphatic carbocycles. The van der Waals surface area contributed by atoms with Crippen molar-refractivity contribution in [3.8, 4) is 0 Å². The van der Waals surface area contributed by atoms with Gasteiger partial charge in [-0.2, -0.15) is 0 Å². The molecule has 0 heterocycles. The van der Waals surface area contributed by atoms with E-state index in [9.17, 15) is 9.59 Å². The molecule has 0 amide bonds. The highest BCUT2D eigenvalue weighted by molar-refractivity contribution is 5.69. The van der Waals surface area contributed by atoms with Gasteiger partial charge < -0.3 is 14.2 Å². The van der Waals surface area contributed by atoms with Gasteiger partial charge in [-0.1, -0.05) is 94.5 Å². The molecular weight excluding hydrogens is 428 g/mol. The van der Waals surface area contributed by atoms with E-state index in [2.05, 4.69) is 0 Å². The van der Waals surface area contributed by atoms with Crippen LogP contribution in [0.4, 0.5) is 0 Å². The van der Waals surface area contributed by atoms with Crippen LogP contribution in [0, 0.1) is 17.8 Å². The Kier molecular flexibility index (Phi) is 12.5. The second-order valence-corrected chi connectivity index (χ2v) is 10.3. The summed E-state index contributed by atoms with van der Waals surface area (Å²) in [5, 5.41) is 0. The van der Waals surface area contributed by atoms with Crippen molar-refractivity contribution < 1.29 is 23.8 Å². The predicted octanol–water partition coefficient (Wildman–Crippen LogP) is 6.63. The zero-order valence-corrected chi connectivity index (χ0v) is 20.9. The van der Waals surface area contributed by atoms with Gasteiger partial charge in [0.25, 0.3) is 0 Å². The van der Waals surface area contributed by atoms with Crippen LogP contribution in [0.2, 0.25) is 0 Å². The van der Waals surface area contributed by atoms with Crippen LogP contribution < -0.4 is 0 Å². The van der Waals surface area contributed by atoms with Gasteiger partial charge in [-0.05, 0) is 30.2 Å². The molecule has 0 aliphatic heterocycles. The average molecular weight is 473 g/mol. The van der Waals surface area contributed by atoms with E-state index < -0.39 is 0 Å². The molecule has 1 aromatic carbocycles. The van der Waals surface area contributed by atoms with E-state index in [1.165, 1.54) is 64.2 Å². The summed E-state index contributed by atoms with van der Waals surface area (Å²) < 4.78 is 17.0. The lowest BCUT2D eigenvalue weighted by Gasteiger charge is -2.22. The third-order valence-electron chi connectivity index (χ3n) is 7.39. The highest BCUT2D eigenvalue weighted by Crippen LogP contribution is 2.28. The van der Waals surface area contributed by atoms with Gasteiger partial charge in [0.1, 0.15) is 0 Å². The van der Waals surface area contributed by atoms with E-state index >= 15 is 0 Å². The lowest BCUT2D eigenvalue weighted by Crippen LogP contribution is -2.25. The van der Waals surface area contributed by atoms with Gasteiger partial charge in [0.05, 0.1) is 32.3 Å². The summed E-state index contributed by atoms with van der Waals surface area (Å²) in [6.07, 6.45) is 15.5. The van der Waals surface area contributed by atoms with Gasteiger partial charge in [0, 0.05) is 12.8 Å². The topological polar surface area (TPSA) is 61.8 Å². The number of carbonyl (C=O) groups excluding carboxylic acids is 2. The third-order valence-corrected chi connectivity index (χ3v) is 7.39. The molecule has 2 fully saturated rings. The van der Waals surface area contributed by atoms with Crippen LogP contribution in [0.15, 0.2) is 30.3 Å². The minimum atomic E-state index is -0.152. The highest BCUT2D eigenvalue weighted by atomic mass is 16.6. The molecule has 2 saturated carbocycles. The first kappa shape index (κ1) is 26.7. The number of ether oxygens (including phenoxy) is 3. The predicted molar refractivity (Wildman–Crippen MR) is 133 cm³/mol. The quantitative estimate of drug-likeness (QED) is 0.285. The Morgan fingerprint density at radius 1 is 0.706 bits per heavy atom. The maximum Gasteiger partial charge on any atom is 0.305 e. The Hall–Kier alpha value is -1.88. The minimum Gasteiger partial charge on any atom is -0.465 e. The molecule has 5 heteroatoms. The summed E-state index contributed by atoms with van der Waals surface area (Å²) in [6, 6.07) is 9.99. The molecule has 0 bridgehead atoms. The molecule has 0 radical (unpaired) electrons. The van der Waals surface area contributed by atoms with Crippen molar-refractivity contribution in [2.75, 3.05) is 19.8 Å². The zero-order chi connectivity index (χ0) is 23.8. The van der Waals surface area contributed by atoms with Crippen LogP contribution in [0.5, 0.6) is 0 Å². The van der Waals surface area contributed by atoms with Crippen molar-refractivity contribution in [1.82, 2.24) is 0 Å². The van der Waals surface area contributed by atoms with Crippen LogP contribution in [0.25, 0.3) is 0 Å². The standard InChI is InChI=1S/C29H44O5/c30-28(18-16-24-10-4-1-5-11-24)33-22-27(21-32-20-26-14-8-3-9-15-26)23-34-29(31)19-17-25-12-6-2-7-13-25/h3,8-9,14-15,24-25,27H,1-2,4-7,10-13,16-23H2. The summed E-state index contributed by atoms with van der Waals surface area (Å²) in [4.78, 5) is 24.7. The Labute approximate surface area is 205 Å². The molecule has 0 saturated heterocycles. The third kappa shape index (κ3) is 11.0. The fourth-order valence-corrected chi connectivity index (χ4v) is 5.22. The monoisotopic (exact) mass is 472 g/mol. The number of hydrogen-bond donors (Lipinski definition) is 0. The van der Waals surface area contributed by atoms with Gasteiger partial charge in [0.15, 0.2) is 0 Å². The fourth-order valence-electron chi connectivity index (χ4n) is 5.22. The normalized spacial score (nSPS) is 17.6. The summed E-state index contributed by atoms with van der Waals surface area (Å²) in [5.41, 5.74) is 1.09. The second-order valence-electron chi connectivity index (χ2n) is 10.3. The minimum absolute atomic E-state index is 0.151. The summed E-state index contributed by atoms with van der Waals surface area (Å²) in [7, 11) is 0. The van der Waals surface area contributed by atoms with Crippen molar-refractivity contribution in [2.45, 2.75) is 96.5 Å². The van der Waals surface area contributed by atoms with Crippen molar-refractivity contribution in [1.29, 1.82) is 0 Å². The van der Waals surface area contributed by atoms with E-state index in [0.29, 0.717) is 37.9 Å². The number of hydrogen-bond acceptors (Lipinski definition) is 5. The molecule has 5 nitrogen and oxygen atoms in total. The lowest BCUT2D eigenvalue weighted by atomic mass is 9.86. The molecule has 0 aromatic heterocycles. The molecule has 3 rings (SSSR count). The summed E-state index contributed by atoms with van der Waals surface area (Å²) >= 11 is 0. The number of carbonyl (C=O) groups is 2. The summed E-state index contributed by atoms with van der Waals surface area (Å²) in [5.74, 6) is 0.873. The molecule has 0 N–H and O–H groups in total. The largest absolute Gasteiger partial charge is 0.465 e. The van der Waals surface area contributed by atoms with Gasteiger partial charge in [-0.15, -0.1) is 0 Å². The van der Waals surface area contributed by atoms with E-state index in [4.69, 9.17) is 14.2 Å². The van der Waals surface area contributed by atoms with E-state index in [-0.39, 0.29) is 31.1 Å². The van der Waals surface area contributed by atoms with Gasteiger partial charge in [0.2, 0.25) is 0 Å². The first-order chi connectivity index (χ1) is 16.7. The zero-order valence-electron chi connectivity index (χ0n) is 20.9. The molecule has 190 valence electrons. The van der Waals surface area contributed by atoms with Gasteiger partial charge >= 0.3 is 11.9 Å². The van der Waals surface area contributed by atoms with E-state index in [1.807, 2.05) is 30.3 Å². The number of benzene rings is 1. The van der Waals surface area contributed by atoms with Crippen LogP contribution >= 0.6 is 0 Å². The van der Waals surface area contributed by atoms with Gasteiger partial charge in [-0.3, -0.25) is 9.59 Å². The van der Waals surface area contributed by atoms with Crippen LogP contribution in [0.3, 0.4) is 0 Å². The first-order valence-corrected chi connectivity index (χ1v) is 13.6. The highest BCUT2D eigenvalue weighted by Gasteiger charge is 2.19. The molecule has 2 aliphatic rings. The van der Waals surface area contributed by atoms with Crippen molar-refractivity contribution >= 4 is 11.9 Å². The maximum absolute atomic E-state index is 12.3. The Balaban J connectivity index is 1.38. The van der Waals surface area contributed by atoms with E-state index in [0.717, 1.165) is 18.4 Å². The molecule has 1 aromatic rings. The molecule has 34 heavy (non-hydrogen) atoms. The SMILES string of the molecule is O=C(CCC1CCCCC1)OCC(COCc1ccccc1)COC(=O)CCC1CCCCC1. The second kappa shape index (κ2) is 15.9.